The summed E-state index contributed by atoms with van der Waals surface area (Å²) >= 11 is 1.39. The van der Waals surface area contributed by atoms with Crippen molar-refractivity contribution in [1.29, 1.82) is 0 Å². The molecule has 5 nitrogen and oxygen atoms in total. The fraction of sp³-hybridized carbons (Fsp3) is 0.312. The summed E-state index contributed by atoms with van der Waals surface area (Å²) in [7, 11) is 0. The molecule has 0 unspecified atom stereocenters. The molecule has 0 bridgehead atoms. The zero-order valence-electron chi connectivity index (χ0n) is 12.5. The number of benzene rings is 1. The lowest BCUT2D eigenvalue weighted by atomic mass is 10.0. The predicted octanol–water partition coefficient (Wildman–Crippen LogP) is 3.25. The van der Waals surface area contributed by atoms with Crippen LogP contribution in [0.4, 0.5) is 5.00 Å². The molecule has 22 heavy (non-hydrogen) atoms. The first kappa shape index (κ1) is 14.7. The maximum Gasteiger partial charge on any atom is 0.341 e. The molecule has 1 aromatic heterocycles. The third kappa shape index (κ3) is 2.50. The molecule has 3 rings (SSSR count). The highest BCUT2D eigenvalue weighted by molar-refractivity contribution is 7.16. The van der Waals surface area contributed by atoms with Crippen molar-refractivity contribution in [2.75, 3.05) is 25.6 Å². The molecule has 0 atom stereocenters. The molecular weight excluding hydrogens is 302 g/mol. The van der Waals surface area contributed by atoms with E-state index in [4.69, 9.17) is 19.9 Å². The number of nitrogens with two attached hydrogens (primary N) is 1. The first-order chi connectivity index (χ1) is 10.6. The Kier molecular flexibility index (Phi) is 3.94. The Bertz CT molecular complexity index is 723. The second-order valence-corrected chi connectivity index (χ2v) is 6.11. The van der Waals surface area contributed by atoms with Crippen LogP contribution < -0.4 is 15.2 Å². The standard InChI is InChI=1S/C16H17NO4S/c1-3-19-16(18)14-13(9(2)22-15(14)17)10-4-5-11-12(8-10)21-7-6-20-11/h4-5,8H,3,6-7,17H2,1-2H3. The van der Waals surface area contributed by atoms with Crippen LogP contribution in [0, 0.1) is 6.92 Å². The molecule has 2 N–H and O–H groups in total. The van der Waals surface area contributed by atoms with Crippen molar-refractivity contribution in [3.63, 3.8) is 0 Å². The van der Waals surface area contributed by atoms with Gasteiger partial charge in [0.05, 0.1) is 6.61 Å². The largest absolute Gasteiger partial charge is 0.486 e. The second kappa shape index (κ2) is 5.88. The first-order valence-corrected chi connectivity index (χ1v) is 7.89. The van der Waals surface area contributed by atoms with Crippen LogP contribution in [0.1, 0.15) is 22.2 Å². The number of carbonyl (C=O) groups is 1. The molecule has 0 fully saturated rings. The summed E-state index contributed by atoms with van der Waals surface area (Å²) in [6.45, 7) is 5.09. The number of hydrogen-bond acceptors (Lipinski definition) is 6. The van der Waals surface area contributed by atoms with Crippen LogP contribution in [0.2, 0.25) is 0 Å². The minimum absolute atomic E-state index is 0.313. The molecule has 0 saturated carbocycles. The van der Waals surface area contributed by atoms with E-state index in [1.807, 2.05) is 25.1 Å². The maximum atomic E-state index is 12.2. The lowest BCUT2D eigenvalue weighted by Gasteiger charge is -2.19. The molecule has 1 aromatic carbocycles. The molecule has 0 radical (unpaired) electrons. The smallest absolute Gasteiger partial charge is 0.341 e. The van der Waals surface area contributed by atoms with Gasteiger partial charge in [0.25, 0.3) is 0 Å². The number of carbonyl (C=O) groups excluding carboxylic acids is 1. The summed E-state index contributed by atoms with van der Waals surface area (Å²) in [6, 6.07) is 5.64. The Morgan fingerprint density at radius 2 is 2.05 bits per heavy atom. The number of aryl methyl sites for hydroxylation is 1. The Morgan fingerprint density at radius 3 is 2.77 bits per heavy atom. The third-order valence-corrected chi connectivity index (χ3v) is 4.36. The number of thiophene rings is 1. The van der Waals surface area contributed by atoms with E-state index >= 15 is 0 Å². The third-order valence-electron chi connectivity index (χ3n) is 3.42. The minimum atomic E-state index is -0.394. The van der Waals surface area contributed by atoms with E-state index in [9.17, 15) is 4.79 Å². The molecule has 116 valence electrons. The quantitative estimate of drug-likeness (QED) is 0.879. The van der Waals surface area contributed by atoms with Gasteiger partial charge in [0.2, 0.25) is 0 Å². The molecule has 0 spiro atoms. The SMILES string of the molecule is CCOC(=O)c1c(N)sc(C)c1-c1ccc2c(c1)OCCO2. The van der Waals surface area contributed by atoms with Crippen molar-refractivity contribution in [2.45, 2.75) is 13.8 Å². The number of anilines is 1. The zero-order valence-corrected chi connectivity index (χ0v) is 13.3. The molecule has 2 heterocycles. The summed E-state index contributed by atoms with van der Waals surface area (Å²) < 4.78 is 16.3. The van der Waals surface area contributed by atoms with E-state index in [0.29, 0.717) is 41.9 Å². The van der Waals surface area contributed by atoms with Crippen molar-refractivity contribution in [2.24, 2.45) is 0 Å². The highest BCUT2D eigenvalue weighted by atomic mass is 32.1. The lowest BCUT2D eigenvalue weighted by molar-refractivity contribution is 0.0529. The number of hydrogen-bond donors (Lipinski definition) is 1. The van der Waals surface area contributed by atoms with E-state index in [0.717, 1.165) is 16.0 Å². The number of esters is 1. The van der Waals surface area contributed by atoms with Gasteiger partial charge in [-0.05, 0) is 31.5 Å². The number of rotatable bonds is 3. The summed E-state index contributed by atoms with van der Waals surface area (Å²) in [5.41, 5.74) is 8.12. The van der Waals surface area contributed by atoms with Crippen molar-refractivity contribution in [3.05, 3.63) is 28.6 Å². The van der Waals surface area contributed by atoms with E-state index in [1.54, 1.807) is 6.92 Å². The van der Waals surface area contributed by atoms with Crippen LogP contribution in [-0.4, -0.2) is 25.8 Å². The first-order valence-electron chi connectivity index (χ1n) is 7.07. The van der Waals surface area contributed by atoms with Gasteiger partial charge >= 0.3 is 5.97 Å². The molecular formula is C16H17NO4S. The number of fused-ring (bicyclic) bond motifs is 1. The fourth-order valence-electron chi connectivity index (χ4n) is 2.52. The summed E-state index contributed by atoms with van der Waals surface area (Å²) in [5, 5.41) is 0.473. The van der Waals surface area contributed by atoms with Crippen LogP contribution in [0.5, 0.6) is 11.5 Å². The average molecular weight is 319 g/mol. The van der Waals surface area contributed by atoms with Gasteiger partial charge in [-0.3, -0.25) is 0 Å². The van der Waals surface area contributed by atoms with Gasteiger partial charge in [0, 0.05) is 10.4 Å². The van der Waals surface area contributed by atoms with Crippen LogP contribution in [0.25, 0.3) is 11.1 Å². The monoisotopic (exact) mass is 319 g/mol. The zero-order chi connectivity index (χ0) is 15.7. The molecule has 0 amide bonds. The van der Waals surface area contributed by atoms with Crippen LogP contribution in [-0.2, 0) is 4.74 Å². The fourth-order valence-corrected chi connectivity index (χ4v) is 3.46. The van der Waals surface area contributed by atoms with Gasteiger partial charge in [-0.1, -0.05) is 6.07 Å². The van der Waals surface area contributed by atoms with Gasteiger partial charge in [0.15, 0.2) is 11.5 Å². The van der Waals surface area contributed by atoms with Crippen molar-refractivity contribution in [1.82, 2.24) is 0 Å². The van der Waals surface area contributed by atoms with Gasteiger partial charge in [-0.25, -0.2) is 4.79 Å². The average Bonchev–Trinajstić information content (AvgIpc) is 2.81. The molecule has 2 aromatic rings. The lowest BCUT2D eigenvalue weighted by Crippen LogP contribution is -2.15. The van der Waals surface area contributed by atoms with Gasteiger partial charge in [0.1, 0.15) is 23.8 Å². The predicted molar refractivity (Wildman–Crippen MR) is 85.9 cm³/mol. The highest BCUT2D eigenvalue weighted by Gasteiger charge is 2.24. The van der Waals surface area contributed by atoms with E-state index in [2.05, 4.69) is 0 Å². The summed E-state index contributed by atoms with van der Waals surface area (Å²) in [4.78, 5) is 13.2. The van der Waals surface area contributed by atoms with E-state index in [1.165, 1.54) is 11.3 Å². The summed E-state index contributed by atoms with van der Waals surface area (Å²) in [5.74, 6) is 1.01. The Labute approximate surface area is 132 Å². The minimum Gasteiger partial charge on any atom is -0.486 e. The topological polar surface area (TPSA) is 70.8 Å². The van der Waals surface area contributed by atoms with Gasteiger partial charge in [-0.15, -0.1) is 11.3 Å². The van der Waals surface area contributed by atoms with E-state index < -0.39 is 5.97 Å². The molecule has 0 saturated heterocycles. The molecule has 6 heteroatoms. The van der Waals surface area contributed by atoms with Crippen molar-refractivity contribution in [3.8, 4) is 22.6 Å². The second-order valence-electron chi connectivity index (χ2n) is 4.85. The van der Waals surface area contributed by atoms with Crippen LogP contribution in [0.15, 0.2) is 18.2 Å². The summed E-state index contributed by atoms with van der Waals surface area (Å²) in [6.07, 6.45) is 0. The van der Waals surface area contributed by atoms with E-state index in [-0.39, 0.29) is 0 Å². The van der Waals surface area contributed by atoms with Crippen LogP contribution >= 0.6 is 11.3 Å². The molecule has 0 aliphatic carbocycles. The number of nitrogen functional groups attached to an aromatic ring is 1. The van der Waals surface area contributed by atoms with Crippen molar-refractivity contribution >= 4 is 22.3 Å². The van der Waals surface area contributed by atoms with Crippen molar-refractivity contribution < 1.29 is 19.0 Å². The normalized spacial score (nSPS) is 13.0. The number of ether oxygens (including phenoxy) is 3. The Hall–Kier alpha value is -2.21. The molecule has 1 aliphatic heterocycles. The van der Waals surface area contributed by atoms with Gasteiger partial charge < -0.3 is 19.9 Å². The molecule has 1 aliphatic rings. The van der Waals surface area contributed by atoms with Gasteiger partial charge in [-0.2, -0.15) is 0 Å². The Balaban J connectivity index is 2.10. The van der Waals surface area contributed by atoms with Crippen LogP contribution in [0.3, 0.4) is 0 Å². The highest BCUT2D eigenvalue weighted by Crippen LogP contribution is 2.42. The maximum absolute atomic E-state index is 12.2. The Morgan fingerprint density at radius 1 is 1.32 bits per heavy atom.